The molecule has 0 bridgehead atoms. The van der Waals surface area contributed by atoms with Crippen LogP contribution >= 0.6 is 0 Å². The Morgan fingerprint density at radius 3 is 2.67 bits per heavy atom. The highest BCUT2D eigenvalue weighted by atomic mass is 16.5. The minimum absolute atomic E-state index is 0.241. The van der Waals surface area contributed by atoms with E-state index in [-0.39, 0.29) is 6.61 Å². The lowest BCUT2D eigenvalue weighted by Gasteiger charge is -2.04. The van der Waals surface area contributed by atoms with Crippen molar-refractivity contribution in [3.8, 4) is 0 Å². The molecule has 3 nitrogen and oxygen atoms in total. The van der Waals surface area contributed by atoms with E-state index < -0.39 is 0 Å². The highest BCUT2D eigenvalue weighted by Crippen LogP contribution is 2.01. The Morgan fingerprint density at radius 1 is 1.56 bits per heavy atom. The van der Waals surface area contributed by atoms with Gasteiger partial charge in [-0.1, -0.05) is 6.92 Å². The van der Waals surface area contributed by atoms with E-state index in [4.69, 9.17) is 10.3 Å². The molecule has 0 spiro atoms. The van der Waals surface area contributed by atoms with Crippen molar-refractivity contribution in [2.45, 2.75) is 19.8 Å². The van der Waals surface area contributed by atoms with Gasteiger partial charge in [0.1, 0.15) is 0 Å². The Labute approximate surface area is 55.7 Å². The zero-order valence-electron chi connectivity index (χ0n) is 5.80. The molecule has 0 rings (SSSR count). The van der Waals surface area contributed by atoms with Crippen LogP contribution in [0.15, 0.2) is 0 Å². The van der Waals surface area contributed by atoms with Crippen molar-refractivity contribution in [3.63, 3.8) is 0 Å². The summed E-state index contributed by atoms with van der Waals surface area (Å²) in [6, 6.07) is 0. The van der Waals surface area contributed by atoms with Gasteiger partial charge < -0.3 is 10.3 Å². The summed E-state index contributed by atoms with van der Waals surface area (Å²) in [6.45, 7) is 2.84. The van der Waals surface area contributed by atoms with Crippen LogP contribution in [0.2, 0.25) is 0 Å². The second-order valence-electron chi connectivity index (χ2n) is 2.34. The molecule has 0 fully saturated rings. The predicted molar refractivity (Wildman–Crippen MR) is 35.3 cm³/mol. The molecule has 0 aliphatic carbocycles. The van der Waals surface area contributed by atoms with Gasteiger partial charge in [-0.3, -0.25) is 0 Å². The van der Waals surface area contributed by atoms with E-state index in [0.29, 0.717) is 12.5 Å². The van der Waals surface area contributed by atoms with E-state index in [1.165, 1.54) is 0 Å². The first-order valence-corrected chi connectivity index (χ1v) is 3.29. The topological polar surface area (TPSA) is 52.5 Å². The maximum absolute atomic E-state index is 8.55. The first kappa shape index (κ1) is 8.88. The summed E-state index contributed by atoms with van der Waals surface area (Å²) in [5, 5.41) is 16.7. The third kappa shape index (κ3) is 5.76. The number of hydroxylamine groups is 1. The van der Waals surface area contributed by atoms with Crippen LogP contribution in [0, 0.1) is 5.92 Å². The Hall–Kier alpha value is -0.120. The second-order valence-corrected chi connectivity index (χ2v) is 2.34. The molecule has 0 aliphatic heterocycles. The molecule has 0 radical (unpaired) electrons. The first-order chi connectivity index (χ1) is 4.31. The quantitative estimate of drug-likeness (QED) is 0.375. The molecular formula is C6H15NO2. The van der Waals surface area contributed by atoms with Crippen molar-refractivity contribution in [1.29, 1.82) is 0 Å². The van der Waals surface area contributed by atoms with Crippen molar-refractivity contribution in [3.05, 3.63) is 0 Å². The van der Waals surface area contributed by atoms with Crippen LogP contribution in [0.3, 0.4) is 0 Å². The van der Waals surface area contributed by atoms with Gasteiger partial charge in [-0.2, -0.15) is 0 Å². The van der Waals surface area contributed by atoms with Crippen molar-refractivity contribution in [2.75, 3.05) is 13.2 Å². The zero-order valence-corrected chi connectivity index (χ0v) is 5.80. The molecule has 0 saturated heterocycles. The van der Waals surface area contributed by atoms with E-state index >= 15 is 0 Å². The summed E-state index contributed by atoms with van der Waals surface area (Å²) in [4.78, 5) is 0. The van der Waals surface area contributed by atoms with E-state index in [0.717, 1.165) is 12.8 Å². The van der Waals surface area contributed by atoms with Crippen LogP contribution in [-0.4, -0.2) is 23.5 Å². The smallest absolute Gasteiger partial charge is 0.0456 e. The molecule has 56 valence electrons. The van der Waals surface area contributed by atoms with Gasteiger partial charge in [0.15, 0.2) is 0 Å². The summed E-state index contributed by atoms with van der Waals surface area (Å²) in [6.07, 6.45) is 1.88. The number of hydrogen-bond acceptors (Lipinski definition) is 3. The summed E-state index contributed by atoms with van der Waals surface area (Å²) in [5.74, 6) is 0.360. The lowest BCUT2D eigenvalue weighted by Crippen LogP contribution is -2.10. The second kappa shape index (κ2) is 6.01. The number of hydrogen-bond donors (Lipinski definition) is 3. The fourth-order valence-corrected chi connectivity index (χ4v) is 0.621. The molecule has 0 aromatic rings. The number of rotatable bonds is 5. The SMILES string of the molecule is CC(CO)CCCNO. The average molecular weight is 133 g/mol. The molecule has 0 aromatic heterocycles. The molecule has 3 N–H and O–H groups in total. The molecular weight excluding hydrogens is 118 g/mol. The monoisotopic (exact) mass is 133 g/mol. The van der Waals surface area contributed by atoms with Crippen LogP contribution in [0.25, 0.3) is 0 Å². The lowest BCUT2D eigenvalue weighted by atomic mass is 10.1. The van der Waals surface area contributed by atoms with E-state index in [9.17, 15) is 0 Å². The maximum atomic E-state index is 8.55. The van der Waals surface area contributed by atoms with E-state index in [2.05, 4.69) is 5.48 Å². The molecule has 0 aromatic carbocycles. The Kier molecular flexibility index (Phi) is 5.93. The molecule has 0 saturated carbocycles. The predicted octanol–water partition coefficient (Wildman–Crippen LogP) is 0.374. The lowest BCUT2D eigenvalue weighted by molar-refractivity contribution is 0.159. The highest BCUT2D eigenvalue weighted by Gasteiger charge is 1.97. The van der Waals surface area contributed by atoms with Gasteiger partial charge in [0.05, 0.1) is 0 Å². The third-order valence-corrected chi connectivity index (χ3v) is 1.30. The minimum atomic E-state index is 0.241. The molecule has 1 atom stereocenters. The van der Waals surface area contributed by atoms with Gasteiger partial charge in [0.2, 0.25) is 0 Å². The van der Waals surface area contributed by atoms with Gasteiger partial charge >= 0.3 is 0 Å². The number of nitrogens with one attached hydrogen (secondary N) is 1. The fourth-order valence-electron chi connectivity index (χ4n) is 0.621. The minimum Gasteiger partial charge on any atom is -0.396 e. The summed E-state index contributed by atoms with van der Waals surface area (Å²) >= 11 is 0. The Morgan fingerprint density at radius 2 is 2.22 bits per heavy atom. The van der Waals surface area contributed by atoms with Crippen molar-refractivity contribution >= 4 is 0 Å². The van der Waals surface area contributed by atoms with Crippen LogP contribution in [0.4, 0.5) is 0 Å². The molecule has 1 unspecified atom stereocenters. The van der Waals surface area contributed by atoms with Gasteiger partial charge in [0, 0.05) is 13.2 Å². The van der Waals surface area contributed by atoms with Crippen molar-refractivity contribution in [2.24, 2.45) is 5.92 Å². The molecule has 0 aliphatic rings. The number of aliphatic hydroxyl groups excluding tert-OH is 1. The molecule has 3 heteroatoms. The van der Waals surface area contributed by atoms with Crippen molar-refractivity contribution in [1.82, 2.24) is 5.48 Å². The molecule has 9 heavy (non-hydrogen) atoms. The summed E-state index contributed by atoms with van der Waals surface area (Å²) < 4.78 is 0. The molecule has 0 heterocycles. The largest absolute Gasteiger partial charge is 0.396 e. The summed E-state index contributed by atoms with van der Waals surface area (Å²) in [5.41, 5.74) is 2.07. The maximum Gasteiger partial charge on any atom is 0.0456 e. The van der Waals surface area contributed by atoms with E-state index in [1.807, 2.05) is 6.92 Å². The molecule has 0 amide bonds. The standard InChI is InChI=1S/C6H15NO2/c1-6(5-8)3-2-4-7-9/h6-9H,2-5H2,1H3. The Bertz CT molecular complexity index is 59.0. The summed E-state index contributed by atoms with van der Waals surface area (Å²) in [7, 11) is 0. The third-order valence-electron chi connectivity index (χ3n) is 1.30. The first-order valence-electron chi connectivity index (χ1n) is 3.29. The normalized spacial score (nSPS) is 13.7. The number of aliphatic hydroxyl groups is 1. The van der Waals surface area contributed by atoms with E-state index in [1.54, 1.807) is 0 Å². The van der Waals surface area contributed by atoms with Gasteiger partial charge in [0.25, 0.3) is 0 Å². The highest BCUT2D eigenvalue weighted by molar-refractivity contribution is 4.50. The van der Waals surface area contributed by atoms with Crippen molar-refractivity contribution < 1.29 is 10.3 Å². The average Bonchev–Trinajstić information content (AvgIpc) is 1.89. The van der Waals surface area contributed by atoms with Crippen LogP contribution in [0.5, 0.6) is 0 Å². The van der Waals surface area contributed by atoms with Gasteiger partial charge in [-0.25, -0.2) is 5.48 Å². The van der Waals surface area contributed by atoms with Gasteiger partial charge in [-0.05, 0) is 18.8 Å². The van der Waals surface area contributed by atoms with Gasteiger partial charge in [-0.15, -0.1) is 0 Å². The Balaban J connectivity index is 2.88. The van der Waals surface area contributed by atoms with Crippen LogP contribution < -0.4 is 5.48 Å². The van der Waals surface area contributed by atoms with Crippen LogP contribution in [-0.2, 0) is 0 Å². The van der Waals surface area contributed by atoms with Crippen LogP contribution in [0.1, 0.15) is 19.8 Å². The fraction of sp³-hybridized carbons (Fsp3) is 1.00. The zero-order chi connectivity index (χ0) is 7.11.